The number of para-hydroxylation sites is 1. The summed E-state index contributed by atoms with van der Waals surface area (Å²) in [5.74, 6) is 0.513. The molecule has 7 heteroatoms. The lowest BCUT2D eigenvalue weighted by Crippen LogP contribution is -2.49. The number of ether oxygens (including phenoxy) is 1. The number of amides is 1. The molecule has 2 heterocycles. The fourth-order valence-corrected chi connectivity index (χ4v) is 5.27. The standard InChI is InChI=1S/C30H33FN4O2/c1-21-11-12-25(22(2)17-21)27-19-29(23-7-6-8-24(18-23)37-3)35(32-27)30(36)20-33-13-15-34(16-14-33)28-10-5-4-9-26(28)31/h4-12,17-18,29H,13-16,19-20H2,1-3H3/t29-/m1/s1. The lowest BCUT2D eigenvalue weighted by Gasteiger charge is -2.36. The molecule has 2 aliphatic rings. The van der Waals surface area contributed by atoms with Crippen LogP contribution in [-0.4, -0.2) is 61.4 Å². The van der Waals surface area contributed by atoms with Crippen LogP contribution in [0.15, 0.2) is 71.8 Å². The Morgan fingerprint density at radius 3 is 2.51 bits per heavy atom. The summed E-state index contributed by atoms with van der Waals surface area (Å²) < 4.78 is 19.7. The maximum atomic E-state index is 14.2. The van der Waals surface area contributed by atoms with Crippen molar-refractivity contribution in [1.29, 1.82) is 0 Å². The van der Waals surface area contributed by atoms with Crippen molar-refractivity contribution in [3.63, 3.8) is 0 Å². The molecule has 192 valence electrons. The fraction of sp³-hybridized carbons (Fsp3) is 0.333. The maximum absolute atomic E-state index is 14.2. The van der Waals surface area contributed by atoms with E-state index in [2.05, 4.69) is 36.9 Å². The van der Waals surface area contributed by atoms with Gasteiger partial charge in [0.1, 0.15) is 11.6 Å². The van der Waals surface area contributed by atoms with Crippen molar-refractivity contribution in [3.8, 4) is 5.75 Å². The van der Waals surface area contributed by atoms with E-state index in [-0.39, 0.29) is 24.3 Å². The number of hydrogen-bond donors (Lipinski definition) is 0. The van der Waals surface area contributed by atoms with Crippen LogP contribution in [0, 0.1) is 19.7 Å². The largest absolute Gasteiger partial charge is 0.497 e. The van der Waals surface area contributed by atoms with Gasteiger partial charge in [0.15, 0.2) is 0 Å². The minimum atomic E-state index is -0.210. The molecule has 6 nitrogen and oxygen atoms in total. The number of piperazine rings is 1. The molecular weight excluding hydrogens is 467 g/mol. The molecule has 3 aromatic carbocycles. The second-order valence-electron chi connectivity index (χ2n) is 9.81. The zero-order chi connectivity index (χ0) is 25.9. The Balaban J connectivity index is 1.34. The second-order valence-corrected chi connectivity index (χ2v) is 9.81. The van der Waals surface area contributed by atoms with E-state index in [0.717, 1.165) is 28.2 Å². The van der Waals surface area contributed by atoms with Crippen molar-refractivity contribution < 1.29 is 13.9 Å². The number of hydrogen-bond acceptors (Lipinski definition) is 5. The molecule has 1 fully saturated rings. The predicted octanol–water partition coefficient (Wildman–Crippen LogP) is 4.95. The zero-order valence-electron chi connectivity index (χ0n) is 21.7. The number of rotatable bonds is 6. The minimum absolute atomic E-state index is 0.0353. The number of hydrazone groups is 1. The van der Waals surface area contributed by atoms with Gasteiger partial charge in [-0.15, -0.1) is 0 Å². The van der Waals surface area contributed by atoms with E-state index in [1.165, 1.54) is 11.6 Å². The van der Waals surface area contributed by atoms with Crippen LogP contribution in [0.1, 0.15) is 34.7 Å². The molecule has 2 aliphatic heterocycles. The third-order valence-electron chi connectivity index (χ3n) is 7.26. The number of methoxy groups -OCH3 is 1. The van der Waals surface area contributed by atoms with Crippen LogP contribution in [0.2, 0.25) is 0 Å². The van der Waals surface area contributed by atoms with Gasteiger partial charge in [-0.3, -0.25) is 9.69 Å². The Labute approximate surface area is 217 Å². The Morgan fingerprint density at radius 2 is 1.78 bits per heavy atom. The summed E-state index contributed by atoms with van der Waals surface area (Å²) in [6.45, 7) is 7.15. The van der Waals surface area contributed by atoms with E-state index in [1.54, 1.807) is 18.2 Å². The van der Waals surface area contributed by atoms with E-state index in [0.29, 0.717) is 38.3 Å². The van der Waals surface area contributed by atoms with Gasteiger partial charge in [0.2, 0.25) is 0 Å². The minimum Gasteiger partial charge on any atom is -0.497 e. The van der Waals surface area contributed by atoms with Crippen LogP contribution in [0.3, 0.4) is 0 Å². The number of carbonyl (C=O) groups excluding carboxylic acids is 1. The van der Waals surface area contributed by atoms with E-state index in [4.69, 9.17) is 9.84 Å². The highest BCUT2D eigenvalue weighted by Gasteiger charge is 2.35. The molecule has 0 radical (unpaired) electrons. The lowest BCUT2D eigenvalue weighted by atomic mass is 9.95. The number of halogens is 1. The molecule has 1 atom stereocenters. The first-order chi connectivity index (χ1) is 17.9. The highest BCUT2D eigenvalue weighted by Crippen LogP contribution is 2.35. The van der Waals surface area contributed by atoms with Gasteiger partial charge in [0.05, 0.1) is 31.1 Å². The van der Waals surface area contributed by atoms with Gasteiger partial charge >= 0.3 is 0 Å². The highest BCUT2D eigenvalue weighted by molar-refractivity contribution is 6.04. The van der Waals surface area contributed by atoms with Crippen LogP contribution in [0.4, 0.5) is 10.1 Å². The molecule has 3 aromatic rings. The Bertz CT molecular complexity index is 1320. The second kappa shape index (κ2) is 10.7. The van der Waals surface area contributed by atoms with Crippen molar-refractivity contribution in [2.24, 2.45) is 5.10 Å². The predicted molar refractivity (Wildman–Crippen MR) is 145 cm³/mol. The summed E-state index contributed by atoms with van der Waals surface area (Å²) in [6, 6.07) is 20.9. The van der Waals surface area contributed by atoms with Gasteiger partial charge in [-0.05, 0) is 49.2 Å². The van der Waals surface area contributed by atoms with Gasteiger partial charge in [-0.1, -0.05) is 48.0 Å². The maximum Gasteiger partial charge on any atom is 0.257 e. The van der Waals surface area contributed by atoms with Crippen LogP contribution >= 0.6 is 0 Å². The lowest BCUT2D eigenvalue weighted by molar-refractivity contribution is -0.134. The van der Waals surface area contributed by atoms with Crippen molar-refractivity contribution in [2.45, 2.75) is 26.3 Å². The van der Waals surface area contributed by atoms with E-state index in [9.17, 15) is 9.18 Å². The van der Waals surface area contributed by atoms with E-state index in [1.807, 2.05) is 41.3 Å². The molecule has 0 bridgehead atoms. The highest BCUT2D eigenvalue weighted by atomic mass is 19.1. The smallest absolute Gasteiger partial charge is 0.257 e. The molecule has 0 saturated carbocycles. The quantitative estimate of drug-likeness (QED) is 0.481. The summed E-state index contributed by atoms with van der Waals surface area (Å²) in [5.41, 5.74) is 5.97. The van der Waals surface area contributed by atoms with Crippen molar-refractivity contribution >= 4 is 17.3 Å². The average Bonchev–Trinajstić information content (AvgIpc) is 3.35. The number of anilines is 1. The molecule has 1 amide bonds. The molecule has 0 spiro atoms. The summed E-state index contributed by atoms with van der Waals surface area (Å²) >= 11 is 0. The van der Waals surface area contributed by atoms with Crippen molar-refractivity contribution in [1.82, 2.24) is 9.91 Å². The van der Waals surface area contributed by atoms with Crippen LogP contribution < -0.4 is 9.64 Å². The zero-order valence-corrected chi connectivity index (χ0v) is 21.7. The van der Waals surface area contributed by atoms with E-state index < -0.39 is 0 Å². The van der Waals surface area contributed by atoms with Gasteiger partial charge in [-0.25, -0.2) is 9.40 Å². The first-order valence-electron chi connectivity index (χ1n) is 12.8. The fourth-order valence-electron chi connectivity index (χ4n) is 5.27. The number of benzene rings is 3. The normalized spacial score (nSPS) is 18.2. The third-order valence-corrected chi connectivity index (χ3v) is 7.26. The van der Waals surface area contributed by atoms with Gasteiger partial charge < -0.3 is 9.64 Å². The van der Waals surface area contributed by atoms with Crippen LogP contribution in [0.25, 0.3) is 0 Å². The Hall–Kier alpha value is -3.71. The summed E-state index contributed by atoms with van der Waals surface area (Å²) in [7, 11) is 1.65. The number of carbonyl (C=O) groups is 1. The first kappa shape index (κ1) is 25.0. The molecular formula is C30H33FN4O2. The van der Waals surface area contributed by atoms with Crippen LogP contribution in [-0.2, 0) is 4.79 Å². The molecule has 1 saturated heterocycles. The summed E-state index contributed by atoms with van der Waals surface area (Å²) in [4.78, 5) is 17.8. The molecule has 0 N–H and O–H groups in total. The first-order valence-corrected chi connectivity index (χ1v) is 12.8. The number of aryl methyl sites for hydroxylation is 2. The number of nitrogens with zero attached hydrogens (tertiary/aromatic N) is 4. The van der Waals surface area contributed by atoms with Gasteiger partial charge in [0, 0.05) is 38.2 Å². The van der Waals surface area contributed by atoms with Gasteiger partial charge in [-0.2, -0.15) is 5.10 Å². The molecule has 0 unspecified atom stereocenters. The summed E-state index contributed by atoms with van der Waals surface area (Å²) in [6.07, 6.45) is 0.643. The average molecular weight is 501 g/mol. The van der Waals surface area contributed by atoms with Gasteiger partial charge in [0.25, 0.3) is 5.91 Å². The monoisotopic (exact) mass is 500 g/mol. The molecule has 0 aliphatic carbocycles. The Morgan fingerprint density at radius 1 is 1.00 bits per heavy atom. The van der Waals surface area contributed by atoms with E-state index >= 15 is 0 Å². The summed E-state index contributed by atoms with van der Waals surface area (Å²) in [5, 5.41) is 6.53. The topological polar surface area (TPSA) is 48.4 Å². The van der Waals surface area contributed by atoms with Crippen LogP contribution in [0.5, 0.6) is 5.75 Å². The molecule has 0 aromatic heterocycles. The van der Waals surface area contributed by atoms with Crippen molar-refractivity contribution in [3.05, 3.63) is 94.8 Å². The van der Waals surface area contributed by atoms with Crippen molar-refractivity contribution in [2.75, 3.05) is 44.7 Å². The Kier molecular flexibility index (Phi) is 7.24. The SMILES string of the molecule is COc1cccc([C@H]2CC(c3ccc(C)cc3C)=NN2C(=O)CN2CCN(c3ccccc3F)CC2)c1. The molecule has 37 heavy (non-hydrogen) atoms. The molecule has 5 rings (SSSR count). The third kappa shape index (κ3) is 5.37.